The van der Waals surface area contributed by atoms with E-state index in [1.54, 1.807) is 0 Å². The molecule has 5 rings (SSSR count). The molecule has 0 unspecified atom stereocenters. The molecule has 2 heteroatoms. The fourth-order valence-electron chi connectivity index (χ4n) is 4.93. The predicted octanol–water partition coefficient (Wildman–Crippen LogP) is 6.78. The van der Waals surface area contributed by atoms with Crippen LogP contribution in [0.3, 0.4) is 0 Å². The summed E-state index contributed by atoms with van der Waals surface area (Å²) in [5.41, 5.74) is 5.76. The molecule has 2 bridgehead atoms. The summed E-state index contributed by atoms with van der Waals surface area (Å²) in [6.45, 7) is 7.91. The van der Waals surface area contributed by atoms with Crippen molar-refractivity contribution in [2.75, 3.05) is 6.61 Å². The standard InChI is InChI=1S/C25H33NO/c1-4-5-6-7-8-13-27-21-11-9-18(10-12-21)24-15-19-14-20-16-23(25(20,2)3)22(19)17-26-24/h9-12,15,17,20,23H,4-8,13-14,16H2,1-3H3/t20-,23-/m0/s1. The van der Waals surface area contributed by atoms with Crippen LogP contribution < -0.4 is 4.74 Å². The van der Waals surface area contributed by atoms with E-state index in [4.69, 9.17) is 9.72 Å². The highest BCUT2D eigenvalue weighted by atomic mass is 16.5. The second-order valence-corrected chi connectivity index (χ2v) is 9.07. The molecule has 1 aromatic carbocycles. The Balaban J connectivity index is 1.37. The van der Waals surface area contributed by atoms with E-state index in [9.17, 15) is 0 Å². The first-order valence-electron chi connectivity index (χ1n) is 10.8. The zero-order chi connectivity index (χ0) is 18.9. The van der Waals surface area contributed by atoms with E-state index in [1.807, 2.05) is 0 Å². The average molecular weight is 364 g/mol. The van der Waals surface area contributed by atoms with Crippen LogP contribution in [0.15, 0.2) is 36.5 Å². The van der Waals surface area contributed by atoms with Crippen molar-refractivity contribution in [3.63, 3.8) is 0 Å². The summed E-state index contributed by atoms with van der Waals surface area (Å²) in [5.74, 6) is 2.52. The van der Waals surface area contributed by atoms with Crippen molar-refractivity contribution in [1.82, 2.24) is 4.98 Å². The first kappa shape index (κ1) is 18.5. The second-order valence-electron chi connectivity index (χ2n) is 9.07. The molecule has 1 heterocycles. The number of ether oxygens (including phenoxy) is 1. The van der Waals surface area contributed by atoms with Crippen LogP contribution in [0.1, 0.15) is 76.3 Å². The highest BCUT2D eigenvalue weighted by Gasteiger charge is 2.52. The lowest BCUT2D eigenvalue weighted by Gasteiger charge is -2.57. The Morgan fingerprint density at radius 1 is 1.07 bits per heavy atom. The topological polar surface area (TPSA) is 22.1 Å². The molecule has 0 radical (unpaired) electrons. The number of hydrogen-bond donors (Lipinski definition) is 0. The number of unbranched alkanes of at least 4 members (excludes halogenated alkanes) is 4. The molecular formula is C25H33NO. The minimum atomic E-state index is 0.464. The van der Waals surface area contributed by atoms with E-state index in [0.717, 1.165) is 30.4 Å². The molecule has 3 aliphatic rings. The van der Waals surface area contributed by atoms with Gasteiger partial charge < -0.3 is 4.74 Å². The number of rotatable bonds is 8. The summed E-state index contributed by atoms with van der Waals surface area (Å²) in [6, 6.07) is 10.8. The molecule has 0 aliphatic heterocycles. The maximum Gasteiger partial charge on any atom is 0.119 e. The van der Waals surface area contributed by atoms with Gasteiger partial charge in [-0.05, 0) is 78.0 Å². The maximum atomic E-state index is 5.89. The third kappa shape index (κ3) is 3.63. The van der Waals surface area contributed by atoms with Gasteiger partial charge in [-0.25, -0.2) is 0 Å². The van der Waals surface area contributed by atoms with Crippen molar-refractivity contribution < 1.29 is 4.74 Å². The first-order valence-corrected chi connectivity index (χ1v) is 10.8. The third-order valence-electron chi connectivity index (χ3n) is 7.00. The van der Waals surface area contributed by atoms with E-state index in [1.165, 1.54) is 55.2 Å². The van der Waals surface area contributed by atoms with Crippen molar-refractivity contribution >= 4 is 0 Å². The van der Waals surface area contributed by atoms with Gasteiger partial charge in [-0.3, -0.25) is 4.98 Å². The Morgan fingerprint density at radius 3 is 2.59 bits per heavy atom. The molecule has 144 valence electrons. The number of benzene rings is 1. The van der Waals surface area contributed by atoms with Crippen LogP contribution in [0.2, 0.25) is 0 Å². The van der Waals surface area contributed by atoms with Crippen molar-refractivity contribution in [3.05, 3.63) is 47.7 Å². The normalized spacial score (nSPS) is 22.0. The van der Waals surface area contributed by atoms with Crippen LogP contribution in [0.5, 0.6) is 5.75 Å². The molecule has 2 atom stereocenters. The zero-order valence-corrected chi connectivity index (χ0v) is 17.1. The van der Waals surface area contributed by atoms with Gasteiger partial charge in [0, 0.05) is 11.8 Å². The van der Waals surface area contributed by atoms with Crippen LogP contribution in [-0.2, 0) is 6.42 Å². The van der Waals surface area contributed by atoms with E-state index in [2.05, 4.69) is 57.3 Å². The molecule has 2 aromatic rings. The van der Waals surface area contributed by atoms with Crippen LogP contribution in [0, 0.1) is 11.3 Å². The Bertz CT molecular complexity index is 777. The molecule has 0 saturated heterocycles. The second kappa shape index (κ2) is 7.66. The lowest BCUT2D eigenvalue weighted by atomic mass is 9.47. The zero-order valence-electron chi connectivity index (χ0n) is 17.1. The molecule has 27 heavy (non-hydrogen) atoms. The highest BCUT2D eigenvalue weighted by Crippen LogP contribution is 2.62. The van der Waals surface area contributed by atoms with Gasteiger partial charge in [-0.1, -0.05) is 46.5 Å². The van der Waals surface area contributed by atoms with Gasteiger partial charge >= 0.3 is 0 Å². The summed E-state index contributed by atoms with van der Waals surface area (Å²) >= 11 is 0. The maximum absolute atomic E-state index is 5.89. The first-order chi connectivity index (χ1) is 13.1. The molecule has 0 spiro atoms. The molecule has 3 aliphatic carbocycles. The number of pyridine rings is 1. The minimum Gasteiger partial charge on any atom is -0.494 e. The van der Waals surface area contributed by atoms with E-state index in [-0.39, 0.29) is 0 Å². The fourth-order valence-corrected chi connectivity index (χ4v) is 4.93. The van der Waals surface area contributed by atoms with Gasteiger partial charge in [0.2, 0.25) is 0 Å². The molecular weight excluding hydrogens is 330 g/mol. The van der Waals surface area contributed by atoms with Gasteiger partial charge in [-0.15, -0.1) is 0 Å². The molecule has 0 amide bonds. The van der Waals surface area contributed by atoms with Gasteiger partial charge in [0.1, 0.15) is 5.75 Å². The Hall–Kier alpha value is -1.83. The van der Waals surface area contributed by atoms with E-state index in [0.29, 0.717) is 11.3 Å². The van der Waals surface area contributed by atoms with Crippen molar-refractivity contribution in [1.29, 1.82) is 0 Å². The molecule has 1 fully saturated rings. The smallest absolute Gasteiger partial charge is 0.119 e. The Labute approximate surface area is 164 Å². The van der Waals surface area contributed by atoms with Gasteiger partial charge in [0.25, 0.3) is 0 Å². The minimum absolute atomic E-state index is 0.464. The summed E-state index contributed by atoms with van der Waals surface area (Å²) in [5, 5.41) is 0. The monoisotopic (exact) mass is 363 g/mol. The molecule has 0 N–H and O–H groups in total. The molecule has 1 aromatic heterocycles. The van der Waals surface area contributed by atoms with Crippen LogP contribution >= 0.6 is 0 Å². The number of aromatic nitrogens is 1. The number of nitrogens with zero attached hydrogens (tertiary/aromatic N) is 1. The largest absolute Gasteiger partial charge is 0.494 e. The average Bonchev–Trinajstić information content (AvgIpc) is 2.70. The Kier molecular flexibility index (Phi) is 5.25. The van der Waals surface area contributed by atoms with Crippen molar-refractivity contribution in [2.24, 2.45) is 11.3 Å². The van der Waals surface area contributed by atoms with E-state index >= 15 is 0 Å². The fraction of sp³-hybridized carbons (Fsp3) is 0.560. The van der Waals surface area contributed by atoms with Crippen molar-refractivity contribution in [3.8, 4) is 17.0 Å². The van der Waals surface area contributed by atoms with Crippen LogP contribution in [-0.4, -0.2) is 11.6 Å². The van der Waals surface area contributed by atoms with Crippen LogP contribution in [0.4, 0.5) is 0 Å². The summed E-state index contributed by atoms with van der Waals surface area (Å²) in [7, 11) is 0. The van der Waals surface area contributed by atoms with Crippen LogP contribution in [0.25, 0.3) is 11.3 Å². The van der Waals surface area contributed by atoms with Gasteiger partial charge in [-0.2, -0.15) is 0 Å². The third-order valence-corrected chi connectivity index (χ3v) is 7.00. The highest BCUT2D eigenvalue weighted by molar-refractivity contribution is 5.62. The van der Waals surface area contributed by atoms with Crippen molar-refractivity contribution in [2.45, 2.75) is 71.6 Å². The SMILES string of the molecule is CCCCCCCOc1ccc(-c2cc3c(cn2)[C@@H]2C[C@H](C3)C2(C)C)cc1. The number of hydrogen-bond acceptors (Lipinski definition) is 2. The van der Waals surface area contributed by atoms with Gasteiger partial charge in [0.15, 0.2) is 0 Å². The van der Waals surface area contributed by atoms with E-state index < -0.39 is 0 Å². The summed E-state index contributed by atoms with van der Waals surface area (Å²) in [4.78, 5) is 4.80. The molecule has 2 nitrogen and oxygen atoms in total. The lowest BCUT2D eigenvalue weighted by molar-refractivity contribution is 0.0183. The van der Waals surface area contributed by atoms with Gasteiger partial charge in [0.05, 0.1) is 12.3 Å². The summed E-state index contributed by atoms with van der Waals surface area (Å²) in [6.07, 6.45) is 11.1. The Morgan fingerprint density at radius 2 is 1.85 bits per heavy atom. The molecule has 1 saturated carbocycles. The lowest BCUT2D eigenvalue weighted by Crippen LogP contribution is -2.48. The quantitative estimate of drug-likeness (QED) is 0.482. The predicted molar refractivity (Wildman–Crippen MR) is 112 cm³/mol. The summed E-state index contributed by atoms with van der Waals surface area (Å²) < 4.78 is 5.89.